The number of hydrogen-bond acceptors (Lipinski definition) is 4. The van der Waals surface area contributed by atoms with Crippen LogP contribution in [0.4, 0.5) is 5.69 Å². The van der Waals surface area contributed by atoms with Crippen molar-refractivity contribution in [2.75, 3.05) is 44.6 Å². The quantitative estimate of drug-likeness (QED) is 0.716. The van der Waals surface area contributed by atoms with Gasteiger partial charge in [-0.15, -0.1) is 0 Å². The van der Waals surface area contributed by atoms with Gasteiger partial charge in [-0.1, -0.05) is 48.5 Å². The van der Waals surface area contributed by atoms with E-state index in [0.29, 0.717) is 39.3 Å². The van der Waals surface area contributed by atoms with Gasteiger partial charge in [0, 0.05) is 44.8 Å². The third kappa shape index (κ3) is 5.30. The van der Waals surface area contributed by atoms with Gasteiger partial charge in [-0.25, -0.2) is 0 Å². The summed E-state index contributed by atoms with van der Waals surface area (Å²) < 4.78 is 0. The Morgan fingerprint density at radius 1 is 0.971 bits per heavy atom. The normalized spacial score (nSPS) is 19.9. The van der Waals surface area contributed by atoms with Crippen LogP contribution in [-0.2, 0) is 14.4 Å². The molecule has 2 aromatic rings. The molecule has 0 radical (unpaired) electrons. The molecule has 0 saturated carbocycles. The molecular weight excluding hydrogens is 428 g/mol. The zero-order valence-corrected chi connectivity index (χ0v) is 20.3. The van der Waals surface area contributed by atoms with Crippen LogP contribution in [-0.4, -0.2) is 71.7 Å². The van der Waals surface area contributed by atoms with Crippen LogP contribution in [0.1, 0.15) is 36.1 Å². The van der Waals surface area contributed by atoms with E-state index in [1.165, 1.54) is 0 Å². The lowest BCUT2D eigenvalue weighted by atomic mass is 10.1. The van der Waals surface area contributed by atoms with Gasteiger partial charge in [0.05, 0.1) is 18.5 Å². The maximum atomic E-state index is 13.1. The lowest BCUT2D eigenvalue weighted by molar-refractivity contribution is -0.137. The summed E-state index contributed by atoms with van der Waals surface area (Å²) in [6.45, 7) is 9.22. The molecule has 0 bridgehead atoms. The van der Waals surface area contributed by atoms with Gasteiger partial charge in [0.1, 0.15) is 0 Å². The minimum Gasteiger partial charge on any atom is -0.340 e. The van der Waals surface area contributed by atoms with Crippen LogP contribution in [0.3, 0.4) is 0 Å². The van der Waals surface area contributed by atoms with Gasteiger partial charge in [-0.2, -0.15) is 0 Å². The van der Waals surface area contributed by atoms with Crippen molar-refractivity contribution in [2.24, 2.45) is 5.92 Å². The van der Waals surface area contributed by atoms with Gasteiger partial charge >= 0.3 is 0 Å². The van der Waals surface area contributed by atoms with Crippen molar-refractivity contribution in [3.8, 4) is 0 Å². The largest absolute Gasteiger partial charge is 0.340 e. The van der Waals surface area contributed by atoms with Gasteiger partial charge in [-0.05, 0) is 37.5 Å². The number of piperazine rings is 1. The first kappa shape index (κ1) is 24.0. The van der Waals surface area contributed by atoms with Gasteiger partial charge in [0.2, 0.25) is 17.7 Å². The van der Waals surface area contributed by atoms with E-state index >= 15 is 0 Å². The number of rotatable bonds is 6. The van der Waals surface area contributed by atoms with Crippen LogP contribution in [0.2, 0.25) is 0 Å². The van der Waals surface area contributed by atoms with Crippen molar-refractivity contribution < 1.29 is 14.4 Å². The Kier molecular flexibility index (Phi) is 7.32. The minimum absolute atomic E-state index is 0.0379. The fourth-order valence-corrected chi connectivity index (χ4v) is 4.96. The monoisotopic (exact) mass is 462 g/mol. The van der Waals surface area contributed by atoms with Crippen molar-refractivity contribution in [3.05, 3.63) is 65.2 Å². The zero-order valence-electron chi connectivity index (χ0n) is 20.3. The van der Waals surface area contributed by atoms with E-state index in [1.807, 2.05) is 79.1 Å². The molecule has 1 N–H and O–H groups in total. The van der Waals surface area contributed by atoms with E-state index in [4.69, 9.17) is 0 Å². The molecule has 0 aromatic heterocycles. The summed E-state index contributed by atoms with van der Waals surface area (Å²) >= 11 is 0. The van der Waals surface area contributed by atoms with Gasteiger partial charge in [-0.3, -0.25) is 19.3 Å². The number of carbonyl (C=O) groups excluding carboxylic acids is 3. The van der Waals surface area contributed by atoms with Crippen LogP contribution in [0.5, 0.6) is 0 Å². The smallest absolute Gasteiger partial charge is 0.238 e. The molecule has 2 aromatic carbocycles. The van der Waals surface area contributed by atoms with E-state index < -0.39 is 0 Å². The molecule has 0 aliphatic carbocycles. The Balaban J connectivity index is 1.27. The van der Waals surface area contributed by atoms with E-state index in [1.54, 1.807) is 0 Å². The molecule has 0 spiro atoms. The van der Waals surface area contributed by atoms with E-state index in [9.17, 15) is 14.4 Å². The van der Waals surface area contributed by atoms with Crippen LogP contribution < -0.4 is 5.32 Å². The summed E-state index contributed by atoms with van der Waals surface area (Å²) in [5.41, 5.74) is 4.05. The first-order valence-corrected chi connectivity index (χ1v) is 12.0. The maximum absolute atomic E-state index is 13.1. The van der Waals surface area contributed by atoms with Gasteiger partial charge in [0.25, 0.3) is 0 Å². The van der Waals surface area contributed by atoms with Crippen molar-refractivity contribution in [3.63, 3.8) is 0 Å². The number of likely N-dealkylation sites (tertiary alicyclic amines) is 1. The Morgan fingerprint density at radius 3 is 2.26 bits per heavy atom. The highest BCUT2D eigenvalue weighted by atomic mass is 16.2. The molecule has 2 heterocycles. The summed E-state index contributed by atoms with van der Waals surface area (Å²) in [7, 11) is 0. The van der Waals surface area contributed by atoms with E-state index in [2.05, 4.69) is 10.2 Å². The Labute approximate surface area is 201 Å². The predicted octanol–water partition coefficient (Wildman–Crippen LogP) is 3.00. The number of anilines is 1. The third-order valence-electron chi connectivity index (χ3n) is 7.05. The summed E-state index contributed by atoms with van der Waals surface area (Å²) in [6, 6.07) is 15.8. The molecule has 3 amide bonds. The number of aryl methyl sites for hydroxylation is 2. The molecule has 2 aliphatic rings. The number of benzene rings is 2. The van der Waals surface area contributed by atoms with Crippen LogP contribution >= 0.6 is 0 Å². The van der Waals surface area contributed by atoms with Crippen molar-refractivity contribution >= 4 is 23.4 Å². The summed E-state index contributed by atoms with van der Waals surface area (Å²) in [4.78, 5) is 44.2. The number of amides is 3. The maximum Gasteiger partial charge on any atom is 0.238 e. The van der Waals surface area contributed by atoms with E-state index in [-0.39, 0.29) is 36.1 Å². The van der Waals surface area contributed by atoms with Crippen LogP contribution in [0, 0.1) is 19.8 Å². The zero-order chi connectivity index (χ0) is 24.2. The van der Waals surface area contributed by atoms with Gasteiger partial charge in [0.15, 0.2) is 0 Å². The second-order valence-electron chi connectivity index (χ2n) is 9.45. The highest BCUT2D eigenvalue weighted by Crippen LogP contribution is 2.29. The number of para-hydroxylation sites is 1. The third-order valence-corrected chi connectivity index (χ3v) is 7.05. The fraction of sp³-hybridized carbons (Fsp3) is 0.444. The highest BCUT2D eigenvalue weighted by Gasteiger charge is 2.39. The first-order chi connectivity index (χ1) is 16.3. The molecule has 7 heteroatoms. The molecular formula is C27H34N4O3. The van der Waals surface area contributed by atoms with Gasteiger partial charge < -0.3 is 15.1 Å². The highest BCUT2D eigenvalue weighted by molar-refractivity contribution is 5.94. The minimum atomic E-state index is -0.294. The molecule has 2 atom stereocenters. The summed E-state index contributed by atoms with van der Waals surface area (Å²) in [5, 5.41) is 3.03. The summed E-state index contributed by atoms with van der Waals surface area (Å²) in [5.74, 6) is -0.242. The Morgan fingerprint density at radius 2 is 1.62 bits per heavy atom. The Hall–Kier alpha value is -3.19. The van der Waals surface area contributed by atoms with E-state index in [0.717, 1.165) is 22.4 Å². The molecule has 2 aliphatic heterocycles. The topological polar surface area (TPSA) is 73.0 Å². The number of carbonyl (C=O) groups is 3. The second kappa shape index (κ2) is 10.4. The van der Waals surface area contributed by atoms with Crippen LogP contribution in [0.15, 0.2) is 48.5 Å². The second-order valence-corrected chi connectivity index (χ2v) is 9.45. The molecule has 0 unspecified atom stereocenters. The molecule has 7 nitrogen and oxygen atoms in total. The predicted molar refractivity (Wildman–Crippen MR) is 132 cm³/mol. The number of nitrogens with zero attached hydrogens (tertiary/aromatic N) is 3. The molecule has 180 valence electrons. The van der Waals surface area contributed by atoms with Crippen molar-refractivity contribution in [1.82, 2.24) is 14.7 Å². The average Bonchev–Trinajstić information content (AvgIpc) is 3.23. The molecule has 2 fully saturated rings. The van der Waals surface area contributed by atoms with Crippen molar-refractivity contribution in [2.45, 2.75) is 33.2 Å². The van der Waals surface area contributed by atoms with Crippen LogP contribution in [0.25, 0.3) is 0 Å². The lowest BCUT2D eigenvalue weighted by Crippen LogP contribution is -2.52. The average molecular weight is 463 g/mol. The molecule has 34 heavy (non-hydrogen) atoms. The summed E-state index contributed by atoms with van der Waals surface area (Å²) in [6.07, 6.45) is 0.272. The molecule has 2 saturated heterocycles. The Bertz CT molecular complexity index is 1030. The fourth-order valence-electron chi connectivity index (χ4n) is 4.96. The standard InChI is InChI=1S/C27H34N4O3/c1-19-8-7-9-20(2)26(19)28-24(32)18-29-12-14-30(15-13-29)27(34)23-16-25(33)31(17-23)21(3)22-10-5-4-6-11-22/h4-11,21,23H,12-18H2,1-3H3,(H,28,32)/t21-,23-/m1/s1. The lowest BCUT2D eigenvalue weighted by Gasteiger charge is -2.35. The SMILES string of the molecule is Cc1cccc(C)c1NC(=O)CN1CCN(C(=O)[C@@H]2CC(=O)N([C@H](C)c3ccccc3)C2)CC1. The molecule has 4 rings (SSSR count). The number of nitrogens with one attached hydrogen (secondary N) is 1. The van der Waals surface area contributed by atoms with Crippen molar-refractivity contribution in [1.29, 1.82) is 0 Å². The number of hydrogen-bond donors (Lipinski definition) is 1. The first-order valence-electron chi connectivity index (χ1n) is 12.0.